The molecule has 0 saturated heterocycles. The molecule has 0 unspecified atom stereocenters. The first-order valence-corrected chi connectivity index (χ1v) is 9.10. The predicted molar refractivity (Wildman–Crippen MR) is 95.0 cm³/mol. The Labute approximate surface area is 152 Å². The minimum absolute atomic E-state index is 0.0586. The Morgan fingerprint density at radius 3 is 2.58 bits per heavy atom. The molecule has 26 heavy (non-hydrogen) atoms. The molecular weight excluding hydrogens is 332 g/mol. The van der Waals surface area contributed by atoms with Crippen LogP contribution in [0.5, 0.6) is 0 Å². The summed E-state index contributed by atoms with van der Waals surface area (Å²) in [6, 6.07) is 10.1. The van der Waals surface area contributed by atoms with E-state index in [0.717, 1.165) is 18.4 Å². The van der Waals surface area contributed by atoms with Gasteiger partial charge in [-0.05, 0) is 18.4 Å². The lowest BCUT2D eigenvalue weighted by molar-refractivity contribution is -0.126. The molecule has 1 saturated carbocycles. The molecule has 7 heteroatoms. The first-order valence-electron chi connectivity index (χ1n) is 9.10. The maximum absolute atomic E-state index is 11.9. The predicted octanol–water partition coefficient (Wildman–Crippen LogP) is 2.12. The summed E-state index contributed by atoms with van der Waals surface area (Å²) in [7, 11) is 0. The van der Waals surface area contributed by atoms with Crippen LogP contribution in [0.1, 0.15) is 55.8 Å². The molecule has 0 aliphatic heterocycles. The number of nitrogens with one attached hydrogen (secondary N) is 2. The topological polar surface area (TPSA) is 97.1 Å². The monoisotopic (exact) mass is 356 g/mol. The zero-order valence-corrected chi connectivity index (χ0v) is 14.7. The van der Waals surface area contributed by atoms with Crippen molar-refractivity contribution in [1.29, 1.82) is 0 Å². The average molecular weight is 356 g/mol. The van der Waals surface area contributed by atoms with Gasteiger partial charge in [0, 0.05) is 18.9 Å². The Hall–Kier alpha value is -2.70. The number of carbonyl (C=O) groups excluding carboxylic acids is 2. The molecule has 2 N–H and O–H groups in total. The van der Waals surface area contributed by atoms with Crippen molar-refractivity contribution in [3.63, 3.8) is 0 Å². The number of hydrogen-bond donors (Lipinski definition) is 2. The quantitative estimate of drug-likeness (QED) is 0.755. The van der Waals surface area contributed by atoms with Crippen molar-refractivity contribution < 1.29 is 14.1 Å². The molecule has 0 atom stereocenters. The fourth-order valence-electron chi connectivity index (χ4n) is 3.07. The maximum Gasteiger partial charge on any atom is 0.231 e. The first kappa shape index (κ1) is 18.1. The Bertz CT molecular complexity index is 723. The van der Waals surface area contributed by atoms with Gasteiger partial charge in [-0.1, -0.05) is 48.3 Å². The van der Waals surface area contributed by atoms with Crippen LogP contribution in [-0.4, -0.2) is 28.0 Å². The minimum Gasteiger partial charge on any atom is -0.353 e. The van der Waals surface area contributed by atoms with E-state index in [4.69, 9.17) is 4.52 Å². The Morgan fingerprint density at radius 1 is 1.08 bits per heavy atom. The lowest BCUT2D eigenvalue weighted by Gasteiger charge is -2.11. The second-order valence-corrected chi connectivity index (χ2v) is 6.59. The standard InChI is InChI=1S/C19H24N4O3/c24-17(10-11-18(25)21-15-8-4-5-9-15)20-13-16-22-19(26-23-16)12-14-6-2-1-3-7-14/h1-3,6-7,15H,4-5,8-13H2,(H,20,24)(H,21,25). The number of hydrogen-bond acceptors (Lipinski definition) is 5. The van der Waals surface area contributed by atoms with Crippen molar-refractivity contribution in [1.82, 2.24) is 20.8 Å². The third-order valence-electron chi connectivity index (χ3n) is 4.45. The summed E-state index contributed by atoms with van der Waals surface area (Å²) in [5.41, 5.74) is 1.08. The van der Waals surface area contributed by atoms with Gasteiger partial charge in [0.25, 0.3) is 0 Å². The van der Waals surface area contributed by atoms with E-state index >= 15 is 0 Å². The average Bonchev–Trinajstić information content (AvgIpc) is 3.31. The van der Waals surface area contributed by atoms with E-state index in [1.54, 1.807) is 0 Å². The van der Waals surface area contributed by atoms with Gasteiger partial charge in [-0.3, -0.25) is 9.59 Å². The van der Waals surface area contributed by atoms with Crippen LogP contribution in [0, 0.1) is 0 Å². The van der Waals surface area contributed by atoms with E-state index in [-0.39, 0.29) is 37.2 Å². The third-order valence-corrected chi connectivity index (χ3v) is 4.45. The maximum atomic E-state index is 11.9. The van der Waals surface area contributed by atoms with E-state index in [1.165, 1.54) is 12.8 Å². The summed E-state index contributed by atoms with van der Waals surface area (Å²) in [6.07, 6.45) is 5.34. The van der Waals surface area contributed by atoms with Crippen LogP contribution in [0.25, 0.3) is 0 Å². The minimum atomic E-state index is -0.194. The van der Waals surface area contributed by atoms with Gasteiger partial charge >= 0.3 is 0 Å². The Morgan fingerprint density at radius 2 is 1.81 bits per heavy atom. The largest absolute Gasteiger partial charge is 0.353 e. The van der Waals surface area contributed by atoms with Crippen molar-refractivity contribution in [3.8, 4) is 0 Å². The molecule has 0 bridgehead atoms. The lowest BCUT2D eigenvalue weighted by atomic mass is 10.1. The first-order chi connectivity index (χ1) is 12.7. The number of nitrogens with zero attached hydrogens (tertiary/aromatic N) is 2. The summed E-state index contributed by atoms with van der Waals surface area (Å²) in [5, 5.41) is 9.56. The number of benzene rings is 1. The van der Waals surface area contributed by atoms with Crippen LogP contribution < -0.4 is 10.6 Å². The molecule has 1 heterocycles. The van der Waals surface area contributed by atoms with Crippen LogP contribution in [0.15, 0.2) is 34.9 Å². The van der Waals surface area contributed by atoms with Gasteiger partial charge < -0.3 is 15.2 Å². The van der Waals surface area contributed by atoms with Crippen molar-refractivity contribution in [2.45, 2.75) is 57.5 Å². The normalized spacial score (nSPS) is 14.3. The third kappa shape index (κ3) is 5.68. The fraction of sp³-hybridized carbons (Fsp3) is 0.474. The second-order valence-electron chi connectivity index (χ2n) is 6.59. The molecule has 0 radical (unpaired) electrons. The molecule has 0 spiro atoms. The highest BCUT2D eigenvalue weighted by atomic mass is 16.5. The Kier molecular flexibility index (Phi) is 6.35. The number of rotatable bonds is 8. The van der Waals surface area contributed by atoms with Crippen LogP contribution >= 0.6 is 0 Å². The molecule has 1 fully saturated rings. The molecule has 7 nitrogen and oxygen atoms in total. The van der Waals surface area contributed by atoms with Crippen molar-refractivity contribution in [3.05, 3.63) is 47.6 Å². The number of amides is 2. The van der Waals surface area contributed by atoms with E-state index in [1.807, 2.05) is 30.3 Å². The molecule has 1 aliphatic carbocycles. The molecule has 138 valence electrons. The summed E-state index contributed by atoms with van der Waals surface area (Å²) in [6.45, 7) is 0.196. The molecule has 1 aliphatic rings. The summed E-state index contributed by atoms with van der Waals surface area (Å²) >= 11 is 0. The van der Waals surface area contributed by atoms with Crippen molar-refractivity contribution >= 4 is 11.8 Å². The zero-order chi connectivity index (χ0) is 18.2. The highest BCUT2D eigenvalue weighted by Crippen LogP contribution is 2.17. The van der Waals surface area contributed by atoms with Gasteiger partial charge in [0.05, 0.1) is 13.0 Å². The molecule has 3 rings (SSSR count). The van der Waals surface area contributed by atoms with Gasteiger partial charge in [0.2, 0.25) is 17.7 Å². The zero-order valence-electron chi connectivity index (χ0n) is 14.7. The van der Waals surface area contributed by atoms with E-state index < -0.39 is 0 Å². The summed E-state index contributed by atoms with van der Waals surface area (Å²) in [4.78, 5) is 28.0. The summed E-state index contributed by atoms with van der Waals surface area (Å²) < 4.78 is 5.20. The van der Waals surface area contributed by atoms with Crippen molar-refractivity contribution in [2.24, 2.45) is 0 Å². The second kappa shape index (κ2) is 9.12. The number of carbonyl (C=O) groups is 2. The van der Waals surface area contributed by atoms with Crippen LogP contribution in [0.4, 0.5) is 0 Å². The van der Waals surface area contributed by atoms with Crippen LogP contribution in [0.2, 0.25) is 0 Å². The van der Waals surface area contributed by atoms with Crippen LogP contribution in [-0.2, 0) is 22.6 Å². The van der Waals surface area contributed by atoms with Gasteiger partial charge in [-0.15, -0.1) is 0 Å². The molecule has 1 aromatic heterocycles. The highest BCUT2D eigenvalue weighted by molar-refractivity contribution is 5.83. The SMILES string of the molecule is O=C(CCC(=O)NC1CCCC1)NCc1noc(Cc2ccccc2)n1. The number of aromatic nitrogens is 2. The van der Waals surface area contributed by atoms with Gasteiger partial charge in [0.1, 0.15) is 0 Å². The highest BCUT2D eigenvalue weighted by Gasteiger charge is 2.17. The molecule has 1 aromatic carbocycles. The van der Waals surface area contributed by atoms with Gasteiger partial charge in [-0.25, -0.2) is 0 Å². The fourth-order valence-corrected chi connectivity index (χ4v) is 3.07. The molecule has 2 amide bonds. The molecular formula is C19H24N4O3. The van der Waals surface area contributed by atoms with Gasteiger partial charge in [-0.2, -0.15) is 4.98 Å². The molecule has 2 aromatic rings. The van der Waals surface area contributed by atoms with Gasteiger partial charge in [0.15, 0.2) is 5.82 Å². The summed E-state index contributed by atoms with van der Waals surface area (Å²) in [5.74, 6) is 0.689. The van der Waals surface area contributed by atoms with Crippen LogP contribution in [0.3, 0.4) is 0 Å². The Balaban J connectivity index is 1.35. The lowest BCUT2D eigenvalue weighted by Crippen LogP contribution is -2.33. The van der Waals surface area contributed by atoms with E-state index in [9.17, 15) is 9.59 Å². The van der Waals surface area contributed by atoms with Crippen molar-refractivity contribution in [2.75, 3.05) is 0 Å². The van der Waals surface area contributed by atoms with E-state index in [2.05, 4.69) is 20.8 Å². The van der Waals surface area contributed by atoms with E-state index in [0.29, 0.717) is 18.1 Å². The smallest absolute Gasteiger partial charge is 0.231 e.